The zero-order valence-electron chi connectivity index (χ0n) is 15.0. The van der Waals surface area contributed by atoms with Crippen molar-refractivity contribution in [2.24, 2.45) is 5.73 Å². The molecular formula is C19H23N5O2. The van der Waals surface area contributed by atoms with E-state index in [-0.39, 0.29) is 0 Å². The average molecular weight is 353 g/mol. The van der Waals surface area contributed by atoms with Gasteiger partial charge in [-0.25, -0.2) is 9.78 Å². The van der Waals surface area contributed by atoms with Crippen LogP contribution in [0.5, 0.6) is 5.75 Å². The average Bonchev–Trinajstić information content (AvgIpc) is 3.04. The molecule has 4 N–H and O–H groups in total. The van der Waals surface area contributed by atoms with Crippen LogP contribution in [-0.4, -0.2) is 48.1 Å². The molecule has 0 unspecified atom stereocenters. The quantitative estimate of drug-likeness (QED) is 0.567. The monoisotopic (exact) mass is 353 g/mol. The van der Waals surface area contributed by atoms with Gasteiger partial charge in [0.05, 0.1) is 5.52 Å². The van der Waals surface area contributed by atoms with E-state index in [2.05, 4.69) is 34.3 Å². The van der Waals surface area contributed by atoms with E-state index < -0.39 is 6.09 Å². The lowest BCUT2D eigenvalue weighted by atomic mass is 10.2. The van der Waals surface area contributed by atoms with Gasteiger partial charge in [0.15, 0.2) is 5.75 Å². The van der Waals surface area contributed by atoms with Crippen LogP contribution in [0, 0.1) is 0 Å². The fraction of sp³-hybridized carbons (Fsp3) is 0.263. The molecule has 3 aromatic rings. The van der Waals surface area contributed by atoms with Crippen LogP contribution >= 0.6 is 0 Å². The Morgan fingerprint density at radius 3 is 2.85 bits per heavy atom. The van der Waals surface area contributed by atoms with Crippen molar-refractivity contribution in [1.82, 2.24) is 14.9 Å². The summed E-state index contributed by atoms with van der Waals surface area (Å²) in [4.78, 5) is 21.0. The number of para-hydroxylation sites is 1. The Morgan fingerprint density at radius 2 is 2.08 bits per heavy atom. The fourth-order valence-electron chi connectivity index (χ4n) is 2.74. The van der Waals surface area contributed by atoms with Gasteiger partial charge in [0.2, 0.25) is 0 Å². The van der Waals surface area contributed by atoms with Crippen LogP contribution in [0.15, 0.2) is 42.5 Å². The maximum atomic E-state index is 11.1. The number of carbonyl (C=O) groups is 1. The molecule has 26 heavy (non-hydrogen) atoms. The summed E-state index contributed by atoms with van der Waals surface area (Å²) in [6.45, 7) is 1.94. The zero-order chi connectivity index (χ0) is 18.5. The first-order valence-corrected chi connectivity index (χ1v) is 8.48. The minimum absolute atomic E-state index is 0.343. The van der Waals surface area contributed by atoms with Crippen molar-refractivity contribution in [1.29, 1.82) is 0 Å². The molecule has 7 heteroatoms. The van der Waals surface area contributed by atoms with Crippen molar-refractivity contribution in [2.45, 2.75) is 6.42 Å². The normalized spacial score (nSPS) is 11.0. The summed E-state index contributed by atoms with van der Waals surface area (Å²) in [6, 6.07) is 13.4. The number of ether oxygens (including phenoxy) is 1. The smallest absolute Gasteiger partial charge is 0.408 e. The lowest BCUT2D eigenvalue weighted by molar-refractivity contribution is 0.211. The van der Waals surface area contributed by atoms with Gasteiger partial charge >= 0.3 is 6.09 Å². The number of primary amides is 1. The summed E-state index contributed by atoms with van der Waals surface area (Å²) in [5, 5.41) is 3.43. The number of nitrogens with one attached hydrogen (secondary N) is 2. The molecule has 0 spiro atoms. The van der Waals surface area contributed by atoms with Crippen LogP contribution in [-0.2, 0) is 0 Å². The number of hydrogen-bond acceptors (Lipinski definition) is 5. The summed E-state index contributed by atoms with van der Waals surface area (Å²) >= 11 is 0. The lowest BCUT2D eigenvalue weighted by Gasteiger charge is -2.11. The Labute approximate surface area is 152 Å². The van der Waals surface area contributed by atoms with Gasteiger partial charge < -0.3 is 25.7 Å². The molecular weight excluding hydrogens is 330 g/mol. The van der Waals surface area contributed by atoms with E-state index in [1.54, 1.807) is 12.1 Å². The van der Waals surface area contributed by atoms with Crippen molar-refractivity contribution >= 4 is 22.8 Å². The first-order valence-electron chi connectivity index (χ1n) is 8.48. The molecule has 136 valence electrons. The van der Waals surface area contributed by atoms with E-state index in [9.17, 15) is 4.79 Å². The summed E-state index contributed by atoms with van der Waals surface area (Å²) in [5.41, 5.74) is 8.46. The molecule has 0 saturated heterocycles. The second-order valence-corrected chi connectivity index (χ2v) is 6.32. The molecule has 0 bridgehead atoms. The van der Waals surface area contributed by atoms with Gasteiger partial charge in [-0.3, -0.25) is 0 Å². The van der Waals surface area contributed by atoms with E-state index in [1.165, 1.54) is 0 Å². The van der Waals surface area contributed by atoms with Gasteiger partial charge in [0.25, 0.3) is 0 Å². The molecule has 0 aliphatic rings. The van der Waals surface area contributed by atoms with E-state index in [0.717, 1.165) is 36.3 Å². The molecule has 3 rings (SSSR count). The Balaban J connectivity index is 1.80. The highest BCUT2D eigenvalue weighted by Gasteiger charge is 2.11. The molecule has 7 nitrogen and oxygen atoms in total. The highest BCUT2D eigenvalue weighted by Crippen LogP contribution is 2.28. The molecule has 0 fully saturated rings. The number of aromatic nitrogens is 2. The maximum Gasteiger partial charge on any atom is 0.410 e. The number of aromatic amines is 1. The van der Waals surface area contributed by atoms with Gasteiger partial charge in [0.1, 0.15) is 11.3 Å². The molecule has 0 radical (unpaired) electrons. The van der Waals surface area contributed by atoms with Crippen LogP contribution in [0.2, 0.25) is 0 Å². The van der Waals surface area contributed by atoms with Crippen molar-refractivity contribution in [3.05, 3.63) is 42.5 Å². The van der Waals surface area contributed by atoms with Crippen LogP contribution in [0.25, 0.3) is 22.4 Å². The molecule has 0 atom stereocenters. The van der Waals surface area contributed by atoms with Crippen molar-refractivity contribution < 1.29 is 9.53 Å². The molecule has 1 heterocycles. The largest absolute Gasteiger partial charge is 0.410 e. The predicted molar refractivity (Wildman–Crippen MR) is 103 cm³/mol. The third-order valence-electron chi connectivity index (χ3n) is 3.93. The van der Waals surface area contributed by atoms with E-state index >= 15 is 0 Å². The standard InChI is InChI=1S/C19H23N5O2/c1-24(2)11-5-10-21-14-7-3-6-13(12-14)18-22-15-8-4-9-16(17(15)23-18)26-19(20)25/h3-4,6-9,12,21H,5,10-11H2,1-2H3,(H2,20,25)(H,22,23). The first kappa shape index (κ1) is 17.8. The number of nitrogens with zero attached hydrogens (tertiary/aromatic N) is 2. The molecule has 2 aromatic carbocycles. The van der Waals surface area contributed by atoms with E-state index in [1.807, 2.05) is 30.3 Å². The Hall–Kier alpha value is -3.06. The Kier molecular flexibility index (Phi) is 5.38. The summed E-state index contributed by atoms with van der Waals surface area (Å²) in [5.74, 6) is 1.05. The minimum Gasteiger partial charge on any atom is -0.408 e. The number of fused-ring (bicyclic) bond motifs is 1. The lowest BCUT2D eigenvalue weighted by Crippen LogP contribution is -2.16. The number of amides is 1. The molecule has 0 aliphatic carbocycles. The molecule has 0 aliphatic heterocycles. The second-order valence-electron chi connectivity index (χ2n) is 6.32. The Bertz CT molecular complexity index is 904. The molecule has 1 aromatic heterocycles. The van der Waals surface area contributed by atoms with Crippen LogP contribution < -0.4 is 15.8 Å². The fourth-order valence-corrected chi connectivity index (χ4v) is 2.74. The number of nitrogens with two attached hydrogens (primary N) is 1. The first-order chi connectivity index (χ1) is 12.5. The van der Waals surface area contributed by atoms with Crippen LogP contribution in [0.1, 0.15) is 6.42 Å². The number of hydrogen-bond donors (Lipinski definition) is 3. The SMILES string of the molecule is CN(C)CCCNc1cccc(-c2nc3c(OC(N)=O)cccc3[nH]2)c1. The highest BCUT2D eigenvalue weighted by atomic mass is 16.5. The van der Waals surface area contributed by atoms with Gasteiger partial charge in [0, 0.05) is 17.8 Å². The molecule has 0 saturated carbocycles. The minimum atomic E-state index is -0.856. The van der Waals surface area contributed by atoms with Gasteiger partial charge in [-0.2, -0.15) is 0 Å². The van der Waals surface area contributed by atoms with Gasteiger partial charge in [-0.15, -0.1) is 0 Å². The Morgan fingerprint density at radius 1 is 1.27 bits per heavy atom. The maximum absolute atomic E-state index is 11.1. The van der Waals surface area contributed by atoms with Crippen LogP contribution in [0.4, 0.5) is 10.5 Å². The van der Waals surface area contributed by atoms with Crippen LogP contribution in [0.3, 0.4) is 0 Å². The van der Waals surface area contributed by atoms with Gasteiger partial charge in [-0.1, -0.05) is 18.2 Å². The summed E-state index contributed by atoms with van der Waals surface area (Å²) < 4.78 is 5.03. The third-order valence-corrected chi connectivity index (χ3v) is 3.93. The second kappa shape index (κ2) is 7.88. The summed E-state index contributed by atoms with van der Waals surface area (Å²) in [6.07, 6.45) is 0.210. The van der Waals surface area contributed by atoms with Crippen molar-refractivity contribution in [3.63, 3.8) is 0 Å². The third kappa shape index (κ3) is 4.31. The number of carbonyl (C=O) groups excluding carboxylic acids is 1. The van der Waals surface area contributed by atoms with E-state index in [4.69, 9.17) is 10.5 Å². The van der Waals surface area contributed by atoms with Gasteiger partial charge in [-0.05, 0) is 51.3 Å². The number of anilines is 1. The number of H-pyrrole nitrogens is 1. The van der Waals surface area contributed by atoms with Crippen molar-refractivity contribution in [3.8, 4) is 17.1 Å². The number of benzene rings is 2. The summed E-state index contributed by atoms with van der Waals surface area (Å²) in [7, 11) is 4.14. The van der Waals surface area contributed by atoms with E-state index in [0.29, 0.717) is 17.1 Å². The molecule has 1 amide bonds. The predicted octanol–water partition coefficient (Wildman–Crippen LogP) is 3.05. The number of rotatable bonds is 7. The number of imidazole rings is 1. The topological polar surface area (TPSA) is 96.3 Å². The van der Waals surface area contributed by atoms with Crippen molar-refractivity contribution in [2.75, 3.05) is 32.5 Å². The highest BCUT2D eigenvalue weighted by molar-refractivity contribution is 5.87. The zero-order valence-corrected chi connectivity index (χ0v) is 15.0.